The average Bonchev–Trinajstić information content (AvgIpc) is 2.79. The van der Waals surface area contributed by atoms with E-state index in [4.69, 9.17) is 17.0 Å². The average molecular weight is 322 g/mol. The largest absolute Gasteiger partial charge is 0.394 e. The second kappa shape index (κ2) is 5.68. The summed E-state index contributed by atoms with van der Waals surface area (Å²) in [4.78, 5) is 7.44. The quantitative estimate of drug-likeness (QED) is 0.616. The maximum Gasteiger partial charge on any atom is 0.139 e. The second-order valence-corrected chi connectivity index (χ2v) is 6.02. The van der Waals surface area contributed by atoms with E-state index in [1.165, 1.54) is 0 Å². The maximum atomic E-state index is 10.2. The van der Waals surface area contributed by atoms with Gasteiger partial charge >= 0.3 is 0 Å². The fraction of sp³-hybridized carbons (Fsp3) is 0.467. The number of nitrogens with one attached hydrogen (secondary N) is 1. The molecule has 0 aromatic heterocycles. The van der Waals surface area contributed by atoms with Gasteiger partial charge in [-0.05, 0) is 31.0 Å². The predicted molar refractivity (Wildman–Crippen MR) is 82.2 cm³/mol. The summed E-state index contributed by atoms with van der Waals surface area (Å²) < 4.78 is 5.86. The van der Waals surface area contributed by atoms with Gasteiger partial charge in [0.1, 0.15) is 34.9 Å². The van der Waals surface area contributed by atoms with Gasteiger partial charge in [0.15, 0.2) is 0 Å². The molecule has 0 aromatic carbocycles. The third-order valence-corrected chi connectivity index (χ3v) is 4.61. The van der Waals surface area contributed by atoms with Crippen molar-refractivity contribution < 1.29 is 20.1 Å². The van der Waals surface area contributed by atoms with Crippen molar-refractivity contribution in [1.29, 1.82) is 0 Å². The fourth-order valence-electron chi connectivity index (χ4n) is 2.77. The minimum absolute atomic E-state index is 0.307. The Balaban J connectivity index is 2.12. The lowest BCUT2D eigenvalue weighted by molar-refractivity contribution is -0.0229. The minimum Gasteiger partial charge on any atom is -0.394 e. The van der Waals surface area contributed by atoms with Gasteiger partial charge in [-0.15, -0.1) is 0 Å². The van der Waals surface area contributed by atoms with Crippen molar-refractivity contribution in [1.82, 2.24) is 9.97 Å². The highest BCUT2D eigenvalue weighted by molar-refractivity contribution is 7.71. The summed E-state index contributed by atoms with van der Waals surface area (Å²) in [5, 5.41) is 29.3. The van der Waals surface area contributed by atoms with Gasteiger partial charge in [-0.2, -0.15) is 0 Å². The molecule has 0 spiro atoms. The molecule has 1 fully saturated rings. The minimum atomic E-state index is -1.15. The molecule has 118 valence electrons. The van der Waals surface area contributed by atoms with Crippen LogP contribution in [0, 0.1) is 18.5 Å². The van der Waals surface area contributed by atoms with Gasteiger partial charge in [0.25, 0.3) is 0 Å². The highest BCUT2D eigenvalue weighted by atomic mass is 32.1. The van der Waals surface area contributed by atoms with Crippen molar-refractivity contribution in [2.75, 3.05) is 6.61 Å². The van der Waals surface area contributed by atoms with E-state index in [0.29, 0.717) is 16.0 Å². The smallest absolute Gasteiger partial charge is 0.139 e. The lowest BCUT2D eigenvalue weighted by atomic mass is 9.98. The summed E-state index contributed by atoms with van der Waals surface area (Å²) in [6.07, 6.45) is -2.05. The Hall–Kier alpha value is -1.38. The van der Waals surface area contributed by atoms with E-state index in [0.717, 1.165) is 16.7 Å². The van der Waals surface area contributed by atoms with Gasteiger partial charge < -0.3 is 25.0 Å². The number of aromatic amines is 1. The van der Waals surface area contributed by atoms with Gasteiger partial charge in [0, 0.05) is 17.3 Å². The van der Waals surface area contributed by atoms with E-state index >= 15 is 0 Å². The van der Waals surface area contributed by atoms with Crippen molar-refractivity contribution in [2.24, 2.45) is 0 Å². The molecule has 0 saturated carbocycles. The number of hydrogen-bond acceptors (Lipinski definition) is 6. The number of ether oxygens (including phenoxy) is 1. The van der Waals surface area contributed by atoms with Crippen LogP contribution in [0.5, 0.6) is 0 Å². The van der Waals surface area contributed by atoms with Crippen LogP contribution in [0.1, 0.15) is 22.8 Å². The molecule has 0 aromatic rings. The normalized spacial score (nSPS) is 28.4. The molecule has 4 atom stereocenters. The first-order valence-electron chi connectivity index (χ1n) is 7.06. The van der Waals surface area contributed by atoms with E-state index < -0.39 is 24.4 Å². The predicted octanol–water partition coefficient (Wildman–Crippen LogP) is 1.01. The number of H-pyrrole nitrogens is 1. The maximum absolute atomic E-state index is 10.2. The number of aliphatic hydroxyl groups is 3. The van der Waals surface area contributed by atoms with Crippen molar-refractivity contribution in [3.05, 3.63) is 33.6 Å². The molecule has 3 aliphatic heterocycles. The molecule has 3 heterocycles. The summed E-state index contributed by atoms with van der Waals surface area (Å²) in [6.45, 7) is 3.60. The molecule has 0 aliphatic carbocycles. The molecule has 4 N–H and O–H groups in total. The Morgan fingerprint density at radius 3 is 2.68 bits per heavy atom. The fourth-order valence-corrected chi connectivity index (χ4v) is 3.03. The zero-order chi connectivity index (χ0) is 16.0. The van der Waals surface area contributed by atoms with Crippen molar-refractivity contribution >= 4 is 12.2 Å². The van der Waals surface area contributed by atoms with Crippen LogP contribution in [-0.4, -0.2) is 50.2 Å². The number of nitrogens with zero attached hydrogens (tertiary/aromatic N) is 1. The first kappa shape index (κ1) is 15.5. The van der Waals surface area contributed by atoms with Crippen molar-refractivity contribution in [3.8, 4) is 11.4 Å². The summed E-state index contributed by atoms with van der Waals surface area (Å²) >= 11 is 5.29. The molecular weight excluding hydrogens is 304 g/mol. The number of aryl methyl sites for hydroxylation is 1. The molecule has 1 saturated heterocycles. The summed E-state index contributed by atoms with van der Waals surface area (Å²) in [7, 11) is 0. The lowest BCUT2D eigenvalue weighted by Gasteiger charge is -2.18. The van der Waals surface area contributed by atoms with Crippen molar-refractivity contribution in [2.45, 2.75) is 38.3 Å². The Morgan fingerprint density at radius 1 is 1.32 bits per heavy atom. The first-order chi connectivity index (χ1) is 10.4. The van der Waals surface area contributed by atoms with Crippen LogP contribution in [0.25, 0.3) is 11.4 Å². The Kier molecular flexibility index (Phi) is 4.00. The van der Waals surface area contributed by atoms with Crippen LogP contribution in [0.3, 0.4) is 0 Å². The highest BCUT2D eigenvalue weighted by Crippen LogP contribution is 2.36. The van der Waals surface area contributed by atoms with Gasteiger partial charge in [-0.3, -0.25) is 0 Å². The molecule has 7 heteroatoms. The van der Waals surface area contributed by atoms with Crippen LogP contribution in [-0.2, 0) is 4.74 Å². The SMILES string of the molecule is Cc1c[nH]c2nc(=S)c([C@@H]3O[C@H](CO)C(O)[C@@H]3O)cc-2c1C. The number of aliphatic hydroxyl groups excluding tert-OH is 3. The molecule has 0 bridgehead atoms. The van der Waals surface area contributed by atoms with Gasteiger partial charge in [0.2, 0.25) is 0 Å². The van der Waals surface area contributed by atoms with Crippen LogP contribution < -0.4 is 0 Å². The number of aromatic nitrogens is 2. The third kappa shape index (κ3) is 2.35. The zero-order valence-electron chi connectivity index (χ0n) is 12.3. The van der Waals surface area contributed by atoms with Crippen LogP contribution in [0.4, 0.5) is 0 Å². The first-order valence-corrected chi connectivity index (χ1v) is 7.47. The molecule has 6 nitrogen and oxygen atoms in total. The van der Waals surface area contributed by atoms with E-state index in [1.807, 2.05) is 26.1 Å². The van der Waals surface area contributed by atoms with E-state index in [2.05, 4.69) is 9.97 Å². The lowest BCUT2D eigenvalue weighted by Crippen LogP contribution is -2.32. The molecule has 3 aliphatic rings. The third-order valence-electron chi connectivity index (χ3n) is 4.29. The standard InChI is InChI=1S/C15H18N2O4S/c1-6-4-16-14-8(7(6)2)3-9(15(22)17-14)13-12(20)11(19)10(5-18)21-13/h3-4,10-13,18-20H,5H2,1-2H3,(H,16,17,22)/t10-,11?,12+,13+/m1/s1. The van der Waals surface area contributed by atoms with E-state index in [9.17, 15) is 15.3 Å². The summed E-state index contributed by atoms with van der Waals surface area (Å²) in [5.74, 6) is 0.670. The van der Waals surface area contributed by atoms with Gasteiger partial charge in [-0.1, -0.05) is 12.2 Å². The topological polar surface area (TPSA) is 98.6 Å². The van der Waals surface area contributed by atoms with Crippen LogP contribution in [0.15, 0.2) is 12.3 Å². The monoisotopic (exact) mass is 322 g/mol. The zero-order valence-corrected chi connectivity index (χ0v) is 13.1. The number of fused-ring (bicyclic) bond motifs is 1. The molecular formula is C15H18N2O4S. The number of pyridine rings is 2. The van der Waals surface area contributed by atoms with E-state index in [1.54, 1.807) is 0 Å². The molecule has 1 unspecified atom stereocenters. The van der Waals surface area contributed by atoms with E-state index in [-0.39, 0.29) is 6.61 Å². The second-order valence-electron chi connectivity index (χ2n) is 5.63. The van der Waals surface area contributed by atoms with Gasteiger partial charge in [-0.25, -0.2) is 4.98 Å². The Labute approximate surface area is 132 Å². The molecule has 22 heavy (non-hydrogen) atoms. The molecule has 0 amide bonds. The Bertz CT molecular complexity index is 732. The molecule has 3 rings (SSSR count). The summed E-state index contributed by atoms with van der Waals surface area (Å²) in [6, 6.07) is 1.84. The highest BCUT2D eigenvalue weighted by Gasteiger charge is 2.43. The number of hydrogen-bond donors (Lipinski definition) is 4. The van der Waals surface area contributed by atoms with Crippen LogP contribution >= 0.6 is 12.2 Å². The Morgan fingerprint density at radius 2 is 2.05 bits per heavy atom. The van der Waals surface area contributed by atoms with Crippen molar-refractivity contribution in [3.63, 3.8) is 0 Å². The van der Waals surface area contributed by atoms with Crippen LogP contribution in [0.2, 0.25) is 0 Å². The summed E-state index contributed by atoms with van der Waals surface area (Å²) in [5.41, 5.74) is 3.58. The number of rotatable bonds is 2. The van der Waals surface area contributed by atoms with Gasteiger partial charge in [0.05, 0.1) is 6.61 Å². The molecule has 0 radical (unpaired) electrons.